The Labute approximate surface area is 153 Å². The minimum Gasteiger partial charge on any atom is -0.489 e. The van der Waals surface area contributed by atoms with Crippen LogP contribution in [0.4, 0.5) is 18.9 Å². The minimum absolute atomic E-state index is 0.0774. The van der Waals surface area contributed by atoms with Crippen molar-refractivity contribution >= 4 is 17.6 Å². The lowest BCUT2D eigenvalue weighted by Crippen LogP contribution is -2.26. The SMILES string of the molecule is COC(=O)[C@H]1CC(=O)N(c2ccc(OCc3c(F)cc(F)cc3F)cc2)C1. The number of ether oxygens (including phenoxy) is 2. The first kappa shape index (κ1) is 18.8. The van der Waals surface area contributed by atoms with Crippen molar-refractivity contribution in [3.8, 4) is 5.75 Å². The van der Waals surface area contributed by atoms with Gasteiger partial charge in [-0.15, -0.1) is 0 Å². The number of carbonyl (C=O) groups is 2. The molecule has 142 valence electrons. The summed E-state index contributed by atoms with van der Waals surface area (Å²) in [4.78, 5) is 25.1. The van der Waals surface area contributed by atoms with E-state index in [1.54, 1.807) is 12.1 Å². The van der Waals surface area contributed by atoms with E-state index in [0.717, 1.165) is 0 Å². The summed E-state index contributed by atoms with van der Waals surface area (Å²) in [6.45, 7) is -0.192. The summed E-state index contributed by atoms with van der Waals surface area (Å²) < 4.78 is 50.1. The van der Waals surface area contributed by atoms with E-state index in [-0.39, 0.29) is 24.4 Å². The summed E-state index contributed by atoms with van der Waals surface area (Å²) in [5, 5.41) is 0. The molecule has 3 rings (SSSR count). The molecule has 1 fully saturated rings. The Morgan fingerprint density at radius 1 is 1.15 bits per heavy atom. The number of halogens is 3. The average Bonchev–Trinajstić information content (AvgIpc) is 3.02. The molecule has 0 unspecified atom stereocenters. The van der Waals surface area contributed by atoms with Gasteiger partial charge in [0.05, 0.1) is 18.6 Å². The molecule has 0 aromatic heterocycles. The zero-order valence-corrected chi connectivity index (χ0v) is 14.4. The van der Waals surface area contributed by atoms with Crippen LogP contribution in [0.3, 0.4) is 0 Å². The van der Waals surface area contributed by atoms with Gasteiger partial charge in [0.2, 0.25) is 5.91 Å². The molecule has 2 aromatic rings. The van der Waals surface area contributed by atoms with Crippen molar-refractivity contribution in [2.24, 2.45) is 5.92 Å². The Kier molecular flexibility index (Phi) is 5.34. The number of anilines is 1. The molecule has 0 aliphatic carbocycles. The molecule has 0 N–H and O–H groups in total. The third kappa shape index (κ3) is 4.05. The number of rotatable bonds is 5. The van der Waals surface area contributed by atoms with E-state index in [4.69, 9.17) is 4.74 Å². The molecule has 1 saturated heterocycles. The van der Waals surface area contributed by atoms with E-state index < -0.39 is 35.9 Å². The second-order valence-corrected chi connectivity index (χ2v) is 6.06. The topological polar surface area (TPSA) is 55.8 Å². The number of amides is 1. The van der Waals surface area contributed by atoms with Gasteiger partial charge in [0.15, 0.2) is 0 Å². The van der Waals surface area contributed by atoms with Crippen LogP contribution in [0.1, 0.15) is 12.0 Å². The van der Waals surface area contributed by atoms with Gasteiger partial charge in [0.25, 0.3) is 0 Å². The molecule has 0 bridgehead atoms. The zero-order chi connectivity index (χ0) is 19.6. The molecule has 1 aliphatic heterocycles. The number of carbonyl (C=O) groups excluding carboxylic acids is 2. The van der Waals surface area contributed by atoms with Crippen LogP contribution in [-0.4, -0.2) is 25.5 Å². The van der Waals surface area contributed by atoms with Gasteiger partial charge in [-0.3, -0.25) is 9.59 Å². The van der Waals surface area contributed by atoms with Crippen LogP contribution in [0.2, 0.25) is 0 Å². The van der Waals surface area contributed by atoms with E-state index in [2.05, 4.69) is 4.74 Å². The molecule has 1 atom stereocenters. The number of methoxy groups -OCH3 is 1. The Morgan fingerprint density at radius 2 is 1.78 bits per heavy atom. The molecule has 0 radical (unpaired) electrons. The normalized spacial score (nSPS) is 16.5. The smallest absolute Gasteiger partial charge is 0.311 e. The second kappa shape index (κ2) is 7.69. The standard InChI is InChI=1S/C19H16F3NO4/c1-26-19(25)11-6-18(24)23(9-11)13-2-4-14(5-3-13)27-10-15-16(21)7-12(20)8-17(15)22/h2-5,7-8,11H,6,9-10H2,1H3/t11-/m0/s1. The minimum atomic E-state index is -1.03. The van der Waals surface area contributed by atoms with Gasteiger partial charge in [-0.25, -0.2) is 13.2 Å². The zero-order valence-electron chi connectivity index (χ0n) is 14.4. The first-order chi connectivity index (χ1) is 12.9. The van der Waals surface area contributed by atoms with Crippen molar-refractivity contribution < 1.29 is 32.2 Å². The maximum absolute atomic E-state index is 13.6. The summed E-state index contributed by atoms with van der Waals surface area (Å²) in [7, 11) is 1.27. The first-order valence-electron chi connectivity index (χ1n) is 8.13. The molecule has 1 aliphatic rings. The van der Waals surface area contributed by atoms with Gasteiger partial charge < -0.3 is 14.4 Å². The van der Waals surface area contributed by atoms with Crippen LogP contribution in [0.25, 0.3) is 0 Å². The average molecular weight is 379 g/mol. The Bertz CT molecular complexity index is 847. The summed E-state index contributed by atoms with van der Waals surface area (Å²) in [5.41, 5.74) is 0.189. The van der Waals surface area contributed by atoms with Crippen molar-refractivity contribution in [3.05, 3.63) is 59.4 Å². The van der Waals surface area contributed by atoms with Crippen molar-refractivity contribution in [2.45, 2.75) is 13.0 Å². The molecule has 5 nitrogen and oxygen atoms in total. The third-order valence-corrected chi connectivity index (χ3v) is 4.30. The highest BCUT2D eigenvalue weighted by Crippen LogP contribution is 2.28. The molecule has 2 aromatic carbocycles. The lowest BCUT2D eigenvalue weighted by Gasteiger charge is -2.17. The summed E-state index contributed by atoms with van der Waals surface area (Å²) in [6.07, 6.45) is 0.0774. The van der Waals surface area contributed by atoms with Crippen LogP contribution >= 0.6 is 0 Å². The summed E-state index contributed by atoms with van der Waals surface area (Å²) >= 11 is 0. The van der Waals surface area contributed by atoms with Gasteiger partial charge in [-0.1, -0.05) is 0 Å². The fourth-order valence-corrected chi connectivity index (χ4v) is 2.87. The Balaban J connectivity index is 1.66. The Morgan fingerprint density at radius 3 is 2.37 bits per heavy atom. The van der Waals surface area contributed by atoms with Gasteiger partial charge in [0.1, 0.15) is 29.8 Å². The van der Waals surface area contributed by atoms with E-state index in [0.29, 0.717) is 23.6 Å². The van der Waals surface area contributed by atoms with E-state index in [1.165, 1.54) is 24.1 Å². The lowest BCUT2D eigenvalue weighted by molar-refractivity contribution is -0.145. The fraction of sp³-hybridized carbons (Fsp3) is 0.263. The lowest BCUT2D eigenvalue weighted by atomic mass is 10.1. The van der Waals surface area contributed by atoms with Gasteiger partial charge in [-0.05, 0) is 24.3 Å². The molecular weight excluding hydrogens is 363 g/mol. The number of hydrogen-bond donors (Lipinski definition) is 0. The highest BCUT2D eigenvalue weighted by atomic mass is 19.1. The van der Waals surface area contributed by atoms with Gasteiger partial charge >= 0.3 is 5.97 Å². The maximum atomic E-state index is 13.6. The second-order valence-electron chi connectivity index (χ2n) is 6.06. The van der Waals surface area contributed by atoms with Crippen LogP contribution in [-0.2, 0) is 20.9 Å². The van der Waals surface area contributed by atoms with Crippen LogP contribution in [0, 0.1) is 23.4 Å². The number of hydrogen-bond acceptors (Lipinski definition) is 4. The quantitative estimate of drug-likeness (QED) is 0.749. The fourth-order valence-electron chi connectivity index (χ4n) is 2.87. The number of esters is 1. The van der Waals surface area contributed by atoms with E-state index in [9.17, 15) is 22.8 Å². The number of nitrogens with zero attached hydrogens (tertiary/aromatic N) is 1. The van der Waals surface area contributed by atoms with Crippen molar-refractivity contribution in [3.63, 3.8) is 0 Å². The van der Waals surface area contributed by atoms with Gasteiger partial charge in [-0.2, -0.15) is 0 Å². The highest BCUT2D eigenvalue weighted by Gasteiger charge is 2.35. The molecular formula is C19H16F3NO4. The summed E-state index contributed by atoms with van der Waals surface area (Å²) in [6, 6.07) is 7.44. The largest absolute Gasteiger partial charge is 0.489 e. The predicted molar refractivity (Wildman–Crippen MR) is 89.6 cm³/mol. The van der Waals surface area contributed by atoms with Crippen molar-refractivity contribution in [2.75, 3.05) is 18.6 Å². The van der Waals surface area contributed by atoms with Crippen molar-refractivity contribution in [1.29, 1.82) is 0 Å². The molecule has 8 heteroatoms. The predicted octanol–water partition coefficient (Wildman–Crippen LogP) is 3.21. The highest BCUT2D eigenvalue weighted by molar-refractivity contribution is 5.99. The van der Waals surface area contributed by atoms with Crippen molar-refractivity contribution in [1.82, 2.24) is 0 Å². The first-order valence-corrected chi connectivity index (χ1v) is 8.13. The van der Waals surface area contributed by atoms with Crippen LogP contribution < -0.4 is 9.64 Å². The van der Waals surface area contributed by atoms with Crippen LogP contribution in [0.15, 0.2) is 36.4 Å². The Hall–Kier alpha value is -3.03. The molecule has 1 amide bonds. The third-order valence-electron chi connectivity index (χ3n) is 4.30. The summed E-state index contributed by atoms with van der Waals surface area (Å²) in [5.74, 6) is -3.88. The van der Waals surface area contributed by atoms with E-state index >= 15 is 0 Å². The molecule has 27 heavy (non-hydrogen) atoms. The molecule has 1 heterocycles. The number of benzene rings is 2. The van der Waals surface area contributed by atoms with E-state index in [1.807, 2.05) is 0 Å². The molecule has 0 spiro atoms. The monoisotopic (exact) mass is 379 g/mol. The maximum Gasteiger partial charge on any atom is 0.311 e. The van der Waals surface area contributed by atoms with Gasteiger partial charge in [0, 0.05) is 30.8 Å². The van der Waals surface area contributed by atoms with Crippen LogP contribution in [0.5, 0.6) is 5.75 Å². The molecule has 0 saturated carbocycles.